The molecule has 0 spiro atoms. The molecule has 33 heavy (non-hydrogen) atoms. The molecule has 170 valence electrons. The molecule has 0 radical (unpaired) electrons. The minimum absolute atomic E-state index is 0. The van der Waals surface area contributed by atoms with Crippen LogP contribution in [0.25, 0.3) is 22.4 Å². The third-order valence-electron chi connectivity index (χ3n) is 5.32. The van der Waals surface area contributed by atoms with Crippen LogP contribution in [0.5, 0.6) is 0 Å². The summed E-state index contributed by atoms with van der Waals surface area (Å²) in [5.41, 5.74) is 18.0. The lowest BCUT2D eigenvalue weighted by molar-refractivity contribution is 0.490. The van der Waals surface area contributed by atoms with E-state index in [2.05, 4.69) is 33.5 Å². The maximum Gasteiger partial charge on any atom is 0.223 e. The van der Waals surface area contributed by atoms with Crippen LogP contribution in [0.1, 0.15) is 18.1 Å². The molecule has 4 rings (SSSR count). The van der Waals surface area contributed by atoms with Gasteiger partial charge in [-0.25, -0.2) is 9.97 Å². The molecule has 4 aromatic rings. The second-order valence-electron chi connectivity index (χ2n) is 8.27. The first-order chi connectivity index (χ1) is 15.5. The zero-order chi connectivity index (χ0) is 22.4. The van der Waals surface area contributed by atoms with Crippen LogP contribution in [-0.4, -0.2) is 27.0 Å². The molecule has 5 N–H and O–H groups in total. The molecular weight excluding hydrogens is 432 g/mol. The van der Waals surface area contributed by atoms with Crippen LogP contribution >= 0.6 is 12.4 Å². The molecule has 1 unspecified atom stereocenters. The van der Waals surface area contributed by atoms with E-state index in [1.165, 1.54) is 5.56 Å². The van der Waals surface area contributed by atoms with Gasteiger partial charge in [-0.3, -0.25) is 4.98 Å². The molecule has 2 heterocycles. The lowest BCUT2D eigenvalue weighted by Gasteiger charge is -2.25. The van der Waals surface area contributed by atoms with Crippen LogP contribution in [-0.2, 0) is 13.0 Å². The van der Waals surface area contributed by atoms with Crippen molar-refractivity contribution in [3.05, 3.63) is 96.4 Å². The number of hydrogen-bond donors (Lipinski definition) is 3. The molecule has 0 aliphatic heterocycles. The van der Waals surface area contributed by atoms with Crippen LogP contribution in [0.3, 0.4) is 0 Å². The Balaban J connectivity index is 0.00000306. The summed E-state index contributed by atoms with van der Waals surface area (Å²) in [6.07, 6.45) is 6.14. The number of anilines is 1. The minimum atomic E-state index is -0.449. The van der Waals surface area contributed by atoms with E-state index < -0.39 is 5.54 Å². The Morgan fingerprint density at radius 2 is 1.64 bits per heavy atom. The molecule has 2 aromatic heterocycles. The lowest BCUT2D eigenvalue weighted by atomic mass is 9.94. The predicted octanol–water partition coefficient (Wildman–Crippen LogP) is 4.46. The van der Waals surface area contributed by atoms with Gasteiger partial charge in [0.25, 0.3) is 0 Å². The van der Waals surface area contributed by atoms with Gasteiger partial charge in [-0.15, -0.1) is 12.4 Å². The Morgan fingerprint density at radius 3 is 2.36 bits per heavy atom. The molecule has 0 bridgehead atoms. The number of benzene rings is 2. The Kier molecular flexibility index (Phi) is 8.11. The zero-order valence-electron chi connectivity index (χ0n) is 18.6. The van der Waals surface area contributed by atoms with Crippen LogP contribution in [0.2, 0.25) is 0 Å². The lowest BCUT2D eigenvalue weighted by Crippen LogP contribution is -2.45. The van der Waals surface area contributed by atoms with Gasteiger partial charge >= 0.3 is 0 Å². The average Bonchev–Trinajstić information content (AvgIpc) is 2.83. The van der Waals surface area contributed by atoms with Crippen molar-refractivity contribution < 1.29 is 0 Å². The van der Waals surface area contributed by atoms with Gasteiger partial charge in [0.1, 0.15) is 0 Å². The number of hydrogen-bond acceptors (Lipinski definition) is 6. The van der Waals surface area contributed by atoms with E-state index in [9.17, 15) is 0 Å². The molecule has 0 fully saturated rings. The Morgan fingerprint density at radius 1 is 0.909 bits per heavy atom. The number of nitrogens with one attached hydrogen (secondary N) is 1. The van der Waals surface area contributed by atoms with Crippen LogP contribution in [0, 0.1) is 0 Å². The maximum absolute atomic E-state index is 6.56. The normalized spacial score (nSPS) is 12.5. The minimum Gasteiger partial charge on any atom is -0.352 e. The molecule has 0 amide bonds. The standard InChI is InChI=1S/C26H28N6.ClH/c1-26(28,15-19-6-3-2-4-7-19)18-31-25-30-17-23(22-9-5-8-20(14-22)16-27)24(32-25)21-10-12-29-13-11-21;/h2-14,17H,15-16,18,27-28H2,1H3,(H,30,31,32);1H. The highest BCUT2D eigenvalue weighted by atomic mass is 35.5. The molecule has 6 nitrogen and oxygen atoms in total. The second kappa shape index (κ2) is 11.0. The van der Waals surface area contributed by atoms with Crippen molar-refractivity contribution in [3.8, 4) is 22.4 Å². The summed E-state index contributed by atoms with van der Waals surface area (Å²) in [7, 11) is 0. The quantitative estimate of drug-likeness (QED) is 0.358. The van der Waals surface area contributed by atoms with Gasteiger partial charge in [0.05, 0.1) is 5.69 Å². The highest BCUT2D eigenvalue weighted by Gasteiger charge is 2.20. The van der Waals surface area contributed by atoms with Gasteiger partial charge in [-0.2, -0.15) is 0 Å². The molecule has 0 saturated carbocycles. The SMILES string of the molecule is CC(N)(CNc1ncc(-c2cccc(CN)c2)c(-c2ccncc2)n1)Cc1ccccc1.Cl. The predicted molar refractivity (Wildman–Crippen MR) is 137 cm³/mol. The highest BCUT2D eigenvalue weighted by Crippen LogP contribution is 2.31. The number of rotatable bonds is 8. The summed E-state index contributed by atoms with van der Waals surface area (Å²) in [6.45, 7) is 3.05. The largest absolute Gasteiger partial charge is 0.352 e. The van der Waals surface area contributed by atoms with E-state index in [4.69, 9.17) is 16.5 Å². The van der Waals surface area contributed by atoms with Crippen molar-refractivity contribution in [2.45, 2.75) is 25.4 Å². The topological polar surface area (TPSA) is 103 Å². The molecule has 0 saturated heterocycles. The molecular formula is C26H29ClN6. The number of nitrogens with two attached hydrogens (primary N) is 2. The molecule has 0 aliphatic carbocycles. The van der Waals surface area contributed by atoms with Crippen molar-refractivity contribution >= 4 is 18.4 Å². The van der Waals surface area contributed by atoms with Crippen LogP contribution in [0.4, 0.5) is 5.95 Å². The summed E-state index contributed by atoms with van der Waals surface area (Å²) < 4.78 is 0. The van der Waals surface area contributed by atoms with Gasteiger partial charge in [-0.05, 0) is 48.2 Å². The first-order valence-electron chi connectivity index (χ1n) is 10.7. The fourth-order valence-corrected chi connectivity index (χ4v) is 3.68. The van der Waals surface area contributed by atoms with Gasteiger partial charge in [-0.1, -0.05) is 48.5 Å². The first kappa shape index (κ1) is 24.3. The molecule has 7 heteroatoms. The number of aromatic nitrogens is 3. The fourth-order valence-electron chi connectivity index (χ4n) is 3.68. The van der Waals surface area contributed by atoms with E-state index >= 15 is 0 Å². The summed E-state index contributed by atoms with van der Waals surface area (Å²) in [6, 6.07) is 22.3. The highest BCUT2D eigenvalue weighted by molar-refractivity contribution is 5.85. The van der Waals surface area contributed by atoms with Crippen molar-refractivity contribution in [2.75, 3.05) is 11.9 Å². The van der Waals surface area contributed by atoms with Gasteiger partial charge in [0.15, 0.2) is 0 Å². The van der Waals surface area contributed by atoms with Crippen molar-refractivity contribution in [2.24, 2.45) is 11.5 Å². The number of pyridine rings is 1. The van der Waals surface area contributed by atoms with Crippen LogP contribution in [0.15, 0.2) is 85.3 Å². The van der Waals surface area contributed by atoms with Crippen LogP contribution < -0.4 is 16.8 Å². The van der Waals surface area contributed by atoms with Crippen molar-refractivity contribution in [1.82, 2.24) is 15.0 Å². The Hall–Kier alpha value is -3.32. The summed E-state index contributed by atoms with van der Waals surface area (Å²) in [5, 5.41) is 3.33. The summed E-state index contributed by atoms with van der Waals surface area (Å²) in [5.74, 6) is 0.542. The van der Waals surface area contributed by atoms with Crippen molar-refractivity contribution in [1.29, 1.82) is 0 Å². The van der Waals surface area contributed by atoms with E-state index in [1.54, 1.807) is 12.4 Å². The Bertz CT molecular complexity index is 1170. The summed E-state index contributed by atoms with van der Waals surface area (Å²) >= 11 is 0. The summed E-state index contributed by atoms with van der Waals surface area (Å²) in [4.78, 5) is 13.6. The third-order valence-corrected chi connectivity index (χ3v) is 5.32. The molecule has 0 aliphatic rings. The van der Waals surface area contributed by atoms with Gasteiger partial charge < -0.3 is 16.8 Å². The smallest absolute Gasteiger partial charge is 0.223 e. The van der Waals surface area contributed by atoms with E-state index in [1.807, 2.05) is 61.7 Å². The van der Waals surface area contributed by atoms with Crippen molar-refractivity contribution in [3.63, 3.8) is 0 Å². The maximum atomic E-state index is 6.56. The zero-order valence-corrected chi connectivity index (χ0v) is 19.4. The number of nitrogens with zero attached hydrogens (tertiary/aromatic N) is 3. The van der Waals surface area contributed by atoms with E-state index in [0.29, 0.717) is 19.0 Å². The van der Waals surface area contributed by atoms with Gasteiger partial charge in [0.2, 0.25) is 5.95 Å². The molecule has 2 aromatic carbocycles. The second-order valence-corrected chi connectivity index (χ2v) is 8.27. The third kappa shape index (κ3) is 6.35. The van der Waals surface area contributed by atoms with E-state index in [0.717, 1.165) is 34.4 Å². The first-order valence-corrected chi connectivity index (χ1v) is 10.7. The van der Waals surface area contributed by atoms with Gasteiger partial charge in [0, 0.05) is 48.3 Å². The Labute approximate surface area is 200 Å². The average molecular weight is 461 g/mol. The fraction of sp³-hybridized carbons (Fsp3) is 0.192. The molecule has 1 atom stereocenters. The van der Waals surface area contributed by atoms with E-state index in [-0.39, 0.29) is 12.4 Å². The monoisotopic (exact) mass is 460 g/mol. The number of halogens is 1.